The SMILES string of the molecule is C/C=C(\CCCC)OCCCC(=O)NC(C(=O)OC(C)(C)C)C(C)C. The Morgan fingerprint density at radius 3 is 2.24 bits per heavy atom. The Labute approximate surface area is 153 Å². The van der Waals surface area contributed by atoms with E-state index in [1.807, 2.05) is 47.6 Å². The second kappa shape index (κ2) is 11.9. The van der Waals surface area contributed by atoms with Crippen LogP contribution in [0.15, 0.2) is 11.8 Å². The van der Waals surface area contributed by atoms with Gasteiger partial charge in [0.05, 0.1) is 12.4 Å². The minimum Gasteiger partial charge on any atom is -0.498 e. The van der Waals surface area contributed by atoms with Crippen molar-refractivity contribution in [2.45, 2.75) is 92.2 Å². The van der Waals surface area contributed by atoms with Crippen LogP contribution in [0.2, 0.25) is 0 Å². The second-order valence-electron chi connectivity index (χ2n) is 7.63. The predicted octanol–water partition coefficient (Wildman–Crippen LogP) is 4.36. The van der Waals surface area contributed by atoms with Gasteiger partial charge in [0, 0.05) is 12.8 Å². The summed E-state index contributed by atoms with van der Waals surface area (Å²) in [5.41, 5.74) is -0.565. The van der Waals surface area contributed by atoms with Crippen LogP contribution in [0.25, 0.3) is 0 Å². The van der Waals surface area contributed by atoms with Crippen molar-refractivity contribution in [1.29, 1.82) is 0 Å². The lowest BCUT2D eigenvalue weighted by atomic mass is 10.0. The van der Waals surface area contributed by atoms with Crippen LogP contribution >= 0.6 is 0 Å². The smallest absolute Gasteiger partial charge is 0.329 e. The number of carbonyl (C=O) groups is 2. The van der Waals surface area contributed by atoms with Gasteiger partial charge in [-0.2, -0.15) is 0 Å². The van der Waals surface area contributed by atoms with Gasteiger partial charge in [-0.3, -0.25) is 4.79 Å². The Bertz CT molecular complexity index is 435. The first-order chi connectivity index (χ1) is 11.6. The van der Waals surface area contributed by atoms with E-state index in [0.717, 1.165) is 25.0 Å². The first kappa shape index (κ1) is 23.5. The van der Waals surface area contributed by atoms with Gasteiger partial charge in [0.2, 0.25) is 5.91 Å². The molecule has 0 heterocycles. The van der Waals surface area contributed by atoms with Gasteiger partial charge in [-0.1, -0.05) is 27.2 Å². The van der Waals surface area contributed by atoms with E-state index in [-0.39, 0.29) is 17.8 Å². The Hall–Kier alpha value is -1.52. The molecule has 0 rings (SSSR count). The molecule has 0 aliphatic heterocycles. The lowest BCUT2D eigenvalue weighted by molar-refractivity contribution is -0.160. The maximum atomic E-state index is 12.2. The van der Waals surface area contributed by atoms with E-state index in [0.29, 0.717) is 19.4 Å². The number of amides is 1. The Morgan fingerprint density at radius 1 is 1.12 bits per heavy atom. The first-order valence-electron chi connectivity index (χ1n) is 9.40. The number of nitrogens with one attached hydrogen (secondary N) is 1. The average Bonchev–Trinajstić information content (AvgIpc) is 2.49. The van der Waals surface area contributed by atoms with E-state index in [1.165, 1.54) is 0 Å². The number of hydrogen-bond acceptors (Lipinski definition) is 4. The van der Waals surface area contributed by atoms with Gasteiger partial charge in [0.25, 0.3) is 0 Å². The standard InChI is InChI=1S/C20H37NO4/c1-8-10-12-16(9-2)24-14-11-13-17(22)21-18(15(3)4)19(23)25-20(5,6)7/h9,15,18H,8,10-14H2,1-7H3,(H,21,22)/b16-9+. The largest absolute Gasteiger partial charge is 0.498 e. The summed E-state index contributed by atoms with van der Waals surface area (Å²) >= 11 is 0. The van der Waals surface area contributed by atoms with Crippen molar-refractivity contribution in [2.75, 3.05) is 6.61 Å². The molecule has 5 heteroatoms. The number of esters is 1. The molecule has 1 atom stereocenters. The van der Waals surface area contributed by atoms with Crippen molar-refractivity contribution in [3.8, 4) is 0 Å². The highest BCUT2D eigenvalue weighted by Gasteiger charge is 2.28. The van der Waals surface area contributed by atoms with Crippen molar-refractivity contribution in [2.24, 2.45) is 5.92 Å². The number of rotatable bonds is 11. The minimum atomic E-state index is -0.622. The first-order valence-corrected chi connectivity index (χ1v) is 9.40. The van der Waals surface area contributed by atoms with Crippen LogP contribution in [0.3, 0.4) is 0 Å². The maximum Gasteiger partial charge on any atom is 0.329 e. The van der Waals surface area contributed by atoms with Gasteiger partial charge < -0.3 is 14.8 Å². The van der Waals surface area contributed by atoms with Crippen molar-refractivity contribution in [3.63, 3.8) is 0 Å². The van der Waals surface area contributed by atoms with Gasteiger partial charge in [0.1, 0.15) is 11.6 Å². The topological polar surface area (TPSA) is 64.6 Å². The van der Waals surface area contributed by atoms with E-state index in [9.17, 15) is 9.59 Å². The van der Waals surface area contributed by atoms with E-state index in [4.69, 9.17) is 9.47 Å². The normalized spacial score (nSPS) is 13.5. The lowest BCUT2D eigenvalue weighted by Crippen LogP contribution is -2.47. The third kappa shape index (κ3) is 11.6. The van der Waals surface area contributed by atoms with Crippen molar-refractivity contribution in [3.05, 3.63) is 11.8 Å². The third-order valence-corrected chi connectivity index (χ3v) is 3.58. The zero-order valence-electron chi connectivity index (χ0n) is 17.1. The molecule has 0 aromatic rings. The molecule has 25 heavy (non-hydrogen) atoms. The average molecular weight is 356 g/mol. The van der Waals surface area contributed by atoms with Gasteiger partial charge in [-0.25, -0.2) is 4.79 Å². The van der Waals surface area contributed by atoms with Crippen LogP contribution in [0.4, 0.5) is 0 Å². The summed E-state index contributed by atoms with van der Waals surface area (Å²) in [5, 5.41) is 2.79. The number of unbranched alkanes of at least 4 members (excludes halogenated alkanes) is 1. The van der Waals surface area contributed by atoms with Gasteiger partial charge in [-0.15, -0.1) is 0 Å². The molecular formula is C20H37NO4. The van der Waals surface area contributed by atoms with Crippen LogP contribution in [-0.2, 0) is 19.1 Å². The fourth-order valence-electron chi connectivity index (χ4n) is 2.20. The fraction of sp³-hybridized carbons (Fsp3) is 0.800. The molecule has 0 bridgehead atoms. The molecule has 0 aliphatic carbocycles. The van der Waals surface area contributed by atoms with Gasteiger partial charge >= 0.3 is 5.97 Å². The molecule has 146 valence electrons. The Balaban J connectivity index is 4.30. The molecule has 0 saturated heterocycles. The summed E-state index contributed by atoms with van der Waals surface area (Å²) in [6.45, 7) is 13.9. The van der Waals surface area contributed by atoms with E-state index in [2.05, 4.69) is 12.2 Å². The van der Waals surface area contributed by atoms with Crippen LogP contribution in [0.1, 0.15) is 80.6 Å². The molecule has 0 radical (unpaired) electrons. The summed E-state index contributed by atoms with van der Waals surface area (Å²) < 4.78 is 11.1. The molecule has 0 aromatic carbocycles. The molecule has 1 amide bonds. The highest BCUT2D eigenvalue weighted by atomic mass is 16.6. The highest BCUT2D eigenvalue weighted by molar-refractivity contribution is 5.84. The molecule has 0 spiro atoms. The minimum absolute atomic E-state index is 0.0290. The molecule has 0 saturated carbocycles. The molecule has 0 fully saturated rings. The van der Waals surface area contributed by atoms with E-state index < -0.39 is 11.6 Å². The van der Waals surface area contributed by atoms with E-state index >= 15 is 0 Å². The third-order valence-electron chi connectivity index (χ3n) is 3.58. The molecule has 5 nitrogen and oxygen atoms in total. The van der Waals surface area contributed by atoms with Crippen molar-refractivity contribution < 1.29 is 19.1 Å². The number of allylic oxidation sites excluding steroid dienone is 2. The molecule has 0 aromatic heterocycles. The molecular weight excluding hydrogens is 318 g/mol. The predicted molar refractivity (Wildman–Crippen MR) is 101 cm³/mol. The number of hydrogen-bond donors (Lipinski definition) is 1. The maximum absolute atomic E-state index is 12.2. The molecule has 0 aliphatic rings. The van der Waals surface area contributed by atoms with Crippen LogP contribution in [-0.4, -0.2) is 30.1 Å². The van der Waals surface area contributed by atoms with Crippen LogP contribution in [0, 0.1) is 5.92 Å². The summed E-state index contributed by atoms with van der Waals surface area (Å²) in [5.74, 6) is 0.418. The van der Waals surface area contributed by atoms with Gasteiger partial charge in [-0.05, 0) is 52.5 Å². The van der Waals surface area contributed by atoms with E-state index in [1.54, 1.807) is 0 Å². The highest BCUT2D eigenvalue weighted by Crippen LogP contribution is 2.13. The summed E-state index contributed by atoms with van der Waals surface area (Å²) in [4.78, 5) is 24.4. The molecule has 1 N–H and O–H groups in total. The van der Waals surface area contributed by atoms with Gasteiger partial charge in [0.15, 0.2) is 0 Å². The van der Waals surface area contributed by atoms with Crippen molar-refractivity contribution >= 4 is 11.9 Å². The number of carbonyl (C=O) groups excluding carboxylic acids is 2. The zero-order valence-corrected chi connectivity index (χ0v) is 17.1. The summed E-state index contributed by atoms with van der Waals surface area (Å²) in [6.07, 6.45) is 6.10. The van der Waals surface area contributed by atoms with Crippen LogP contribution < -0.4 is 5.32 Å². The van der Waals surface area contributed by atoms with Crippen molar-refractivity contribution in [1.82, 2.24) is 5.32 Å². The fourth-order valence-corrected chi connectivity index (χ4v) is 2.20. The quantitative estimate of drug-likeness (QED) is 0.340. The Morgan fingerprint density at radius 2 is 1.76 bits per heavy atom. The zero-order chi connectivity index (χ0) is 19.5. The Kier molecular flexibility index (Phi) is 11.2. The second-order valence-corrected chi connectivity index (χ2v) is 7.63. The summed E-state index contributed by atoms with van der Waals surface area (Å²) in [7, 11) is 0. The van der Waals surface area contributed by atoms with Crippen LogP contribution in [0.5, 0.6) is 0 Å². The number of ether oxygens (including phenoxy) is 2. The summed E-state index contributed by atoms with van der Waals surface area (Å²) in [6, 6.07) is -0.622. The monoisotopic (exact) mass is 355 g/mol. The molecule has 1 unspecified atom stereocenters. The lowest BCUT2D eigenvalue weighted by Gasteiger charge is -2.26.